The average molecular weight is 279 g/mol. The van der Waals surface area contributed by atoms with Gasteiger partial charge in [0.15, 0.2) is 0 Å². The Balaban J connectivity index is 2.06. The molecule has 0 aliphatic heterocycles. The van der Waals surface area contributed by atoms with Crippen molar-refractivity contribution >= 4 is 22.6 Å². The molecule has 3 rings (SSSR count). The molecule has 2 aromatic rings. The van der Waals surface area contributed by atoms with Gasteiger partial charge >= 0.3 is 0 Å². The molecule has 1 saturated carbocycles. The van der Waals surface area contributed by atoms with Crippen molar-refractivity contribution in [3.05, 3.63) is 29.6 Å². The standard InChI is InChI=1S/C15H19ClN2O/c1-10-3-6-14-13(7-10)17-15(9-16)18(14)11-4-5-12(8-11)19-2/h3,6-7,11-12H,4-5,8-9H2,1-2H3. The zero-order valence-corrected chi connectivity index (χ0v) is 12.2. The lowest BCUT2D eigenvalue weighted by atomic mass is 10.2. The molecular formula is C15H19ClN2O. The molecule has 3 nitrogen and oxygen atoms in total. The lowest BCUT2D eigenvalue weighted by molar-refractivity contribution is 0.106. The number of benzene rings is 1. The molecule has 0 N–H and O–H groups in total. The van der Waals surface area contributed by atoms with Gasteiger partial charge < -0.3 is 9.30 Å². The number of imidazole rings is 1. The van der Waals surface area contributed by atoms with Crippen molar-refractivity contribution in [1.82, 2.24) is 9.55 Å². The van der Waals surface area contributed by atoms with Crippen LogP contribution < -0.4 is 0 Å². The summed E-state index contributed by atoms with van der Waals surface area (Å²) < 4.78 is 7.80. The van der Waals surface area contributed by atoms with Crippen LogP contribution in [0, 0.1) is 6.92 Å². The molecule has 102 valence electrons. The number of halogens is 1. The third kappa shape index (κ3) is 2.26. The molecule has 4 heteroatoms. The fourth-order valence-electron chi connectivity index (χ4n) is 3.13. The van der Waals surface area contributed by atoms with E-state index < -0.39 is 0 Å². The quantitative estimate of drug-likeness (QED) is 0.798. The first-order chi connectivity index (χ1) is 9.22. The van der Waals surface area contributed by atoms with Crippen LogP contribution >= 0.6 is 11.6 Å². The van der Waals surface area contributed by atoms with Crippen molar-refractivity contribution in [2.24, 2.45) is 0 Å². The van der Waals surface area contributed by atoms with Crippen molar-refractivity contribution < 1.29 is 4.74 Å². The first-order valence-electron chi connectivity index (χ1n) is 6.79. The van der Waals surface area contributed by atoms with E-state index in [1.165, 1.54) is 11.1 Å². The SMILES string of the molecule is COC1CCC(n2c(CCl)nc3cc(C)ccc32)C1. The summed E-state index contributed by atoms with van der Waals surface area (Å²) in [7, 11) is 1.80. The van der Waals surface area contributed by atoms with Crippen LogP contribution in [0.4, 0.5) is 0 Å². The van der Waals surface area contributed by atoms with Gasteiger partial charge in [-0.3, -0.25) is 0 Å². The summed E-state index contributed by atoms with van der Waals surface area (Å²) in [5, 5.41) is 0. The second-order valence-electron chi connectivity index (χ2n) is 5.35. The highest BCUT2D eigenvalue weighted by molar-refractivity contribution is 6.16. The number of fused-ring (bicyclic) bond motifs is 1. The van der Waals surface area contributed by atoms with Gasteiger partial charge in [-0.05, 0) is 43.9 Å². The first-order valence-corrected chi connectivity index (χ1v) is 7.32. The minimum atomic E-state index is 0.371. The van der Waals surface area contributed by atoms with Crippen LogP contribution in [-0.4, -0.2) is 22.8 Å². The third-order valence-corrected chi connectivity index (χ3v) is 4.33. The second kappa shape index (κ2) is 5.14. The van der Waals surface area contributed by atoms with Crippen molar-refractivity contribution in [2.75, 3.05) is 7.11 Å². The van der Waals surface area contributed by atoms with Crippen LogP contribution in [0.25, 0.3) is 11.0 Å². The Bertz CT molecular complexity index is 593. The maximum atomic E-state index is 6.08. The number of nitrogens with zero attached hydrogens (tertiary/aromatic N) is 2. The molecule has 0 bridgehead atoms. The minimum Gasteiger partial charge on any atom is -0.381 e. The molecule has 1 aliphatic carbocycles. The molecule has 1 heterocycles. The Labute approximate surface area is 118 Å². The molecule has 0 spiro atoms. The fourth-order valence-corrected chi connectivity index (χ4v) is 3.31. The van der Waals surface area contributed by atoms with Gasteiger partial charge in [0, 0.05) is 13.2 Å². The van der Waals surface area contributed by atoms with Gasteiger partial charge in [0.2, 0.25) is 0 Å². The van der Waals surface area contributed by atoms with Crippen LogP contribution in [0.5, 0.6) is 0 Å². The molecule has 19 heavy (non-hydrogen) atoms. The molecule has 2 unspecified atom stereocenters. The maximum Gasteiger partial charge on any atom is 0.125 e. The van der Waals surface area contributed by atoms with Crippen molar-refractivity contribution in [3.63, 3.8) is 0 Å². The first kappa shape index (κ1) is 12.9. The summed E-state index contributed by atoms with van der Waals surface area (Å²) in [6, 6.07) is 6.89. The number of aromatic nitrogens is 2. The van der Waals surface area contributed by atoms with Crippen LogP contribution in [0.3, 0.4) is 0 Å². The molecule has 1 aromatic carbocycles. The third-order valence-electron chi connectivity index (χ3n) is 4.09. The monoisotopic (exact) mass is 278 g/mol. The van der Waals surface area contributed by atoms with Gasteiger partial charge in [-0.2, -0.15) is 0 Å². The largest absolute Gasteiger partial charge is 0.381 e. The Morgan fingerprint density at radius 3 is 2.95 bits per heavy atom. The highest BCUT2D eigenvalue weighted by Gasteiger charge is 2.28. The van der Waals surface area contributed by atoms with E-state index in [4.69, 9.17) is 16.3 Å². The van der Waals surface area contributed by atoms with Crippen molar-refractivity contribution in [1.29, 1.82) is 0 Å². The minimum absolute atomic E-state index is 0.371. The average Bonchev–Trinajstić information content (AvgIpc) is 3.00. The Kier molecular flexibility index (Phi) is 3.50. The van der Waals surface area contributed by atoms with Gasteiger partial charge in [-0.15, -0.1) is 11.6 Å². The van der Waals surface area contributed by atoms with E-state index in [9.17, 15) is 0 Å². The van der Waals surface area contributed by atoms with E-state index in [2.05, 4.69) is 34.7 Å². The van der Waals surface area contributed by atoms with E-state index in [1.807, 2.05) is 0 Å². The van der Waals surface area contributed by atoms with Crippen LogP contribution in [0.15, 0.2) is 18.2 Å². The van der Waals surface area contributed by atoms with E-state index in [-0.39, 0.29) is 0 Å². The highest BCUT2D eigenvalue weighted by Crippen LogP contribution is 2.35. The van der Waals surface area contributed by atoms with E-state index >= 15 is 0 Å². The zero-order chi connectivity index (χ0) is 13.4. The zero-order valence-electron chi connectivity index (χ0n) is 11.4. The second-order valence-corrected chi connectivity index (χ2v) is 5.62. The number of methoxy groups -OCH3 is 1. The van der Waals surface area contributed by atoms with Crippen LogP contribution in [0.2, 0.25) is 0 Å². The van der Waals surface area contributed by atoms with E-state index in [0.29, 0.717) is 18.0 Å². The number of aryl methyl sites for hydroxylation is 1. The molecule has 0 saturated heterocycles. The molecule has 0 amide bonds. The van der Waals surface area contributed by atoms with Crippen LogP contribution in [-0.2, 0) is 10.6 Å². The lowest BCUT2D eigenvalue weighted by Gasteiger charge is -2.16. The highest BCUT2D eigenvalue weighted by atomic mass is 35.5. The number of hydrogen-bond acceptors (Lipinski definition) is 2. The van der Waals surface area contributed by atoms with Crippen molar-refractivity contribution in [2.45, 2.75) is 44.2 Å². The smallest absolute Gasteiger partial charge is 0.125 e. The molecule has 0 radical (unpaired) electrons. The Hall–Kier alpha value is -1.06. The summed E-state index contributed by atoms with van der Waals surface area (Å²) in [4.78, 5) is 4.68. The fraction of sp³-hybridized carbons (Fsp3) is 0.533. The molecule has 1 fully saturated rings. The number of ether oxygens (including phenoxy) is 1. The lowest BCUT2D eigenvalue weighted by Crippen LogP contribution is -2.11. The number of hydrogen-bond donors (Lipinski definition) is 0. The van der Waals surface area contributed by atoms with Gasteiger partial charge in [0.1, 0.15) is 5.82 Å². The molecule has 1 aliphatic rings. The topological polar surface area (TPSA) is 27.1 Å². The normalized spacial score (nSPS) is 23.3. The van der Waals surface area contributed by atoms with Gasteiger partial charge in [-0.25, -0.2) is 4.98 Å². The Morgan fingerprint density at radius 2 is 2.26 bits per heavy atom. The summed E-state index contributed by atoms with van der Waals surface area (Å²) in [6.07, 6.45) is 3.69. The van der Waals surface area contributed by atoms with Crippen molar-refractivity contribution in [3.8, 4) is 0 Å². The summed E-state index contributed by atoms with van der Waals surface area (Å²) in [5.41, 5.74) is 3.49. The summed E-state index contributed by atoms with van der Waals surface area (Å²) in [6.45, 7) is 2.09. The van der Waals surface area contributed by atoms with Gasteiger partial charge in [-0.1, -0.05) is 6.07 Å². The maximum absolute atomic E-state index is 6.08. The van der Waals surface area contributed by atoms with Gasteiger partial charge in [0.05, 0.1) is 23.0 Å². The van der Waals surface area contributed by atoms with E-state index in [0.717, 1.165) is 30.6 Å². The Morgan fingerprint density at radius 1 is 1.42 bits per heavy atom. The summed E-state index contributed by atoms with van der Waals surface area (Å²) >= 11 is 6.08. The van der Waals surface area contributed by atoms with Crippen LogP contribution in [0.1, 0.15) is 36.7 Å². The molecular weight excluding hydrogens is 260 g/mol. The number of alkyl halides is 1. The predicted octanol–water partition coefficient (Wildman–Crippen LogP) is 3.82. The van der Waals surface area contributed by atoms with Gasteiger partial charge in [0.25, 0.3) is 0 Å². The molecule has 2 atom stereocenters. The molecule has 1 aromatic heterocycles. The predicted molar refractivity (Wildman–Crippen MR) is 77.7 cm³/mol. The summed E-state index contributed by atoms with van der Waals surface area (Å²) in [5.74, 6) is 1.44. The number of rotatable bonds is 3. The van der Waals surface area contributed by atoms with E-state index in [1.54, 1.807) is 7.11 Å².